The van der Waals surface area contributed by atoms with E-state index < -0.39 is 0 Å². The van der Waals surface area contributed by atoms with Gasteiger partial charge in [0.2, 0.25) is 0 Å². The van der Waals surface area contributed by atoms with Crippen LogP contribution in [0.1, 0.15) is 20.9 Å². The number of ether oxygens (including phenoxy) is 1. The van der Waals surface area contributed by atoms with Gasteiger partial charge in [0.25, 0.3) is 5.91 Å². The highest BCUT2D eigenvalue weighted by molar-refractivity contribution is 7.18. The molecule has 0 saturated carbocycles. The van der Waals surface area contributed by atoms with Crippen LogP contribution >= 0.6 is 11.3 Å². The number of carbonyl (C=O) groups excluding carboxylic acids is 1. The summed E-state index contributed by atoms with van der Waals surface area (Å²) >= 11 is 1.69. The number of para-hydroxylation sites is 1. The van der Waals surface area contributed by atoms with Crippen molar-refractivity contribution in [2.75, 3.05) is 13.7 Å². The van der Waals surface area contributed by atoms with Crippen LogP contribution in [0.15, 0.2) is 48.7 Å². The Hall–Kier alpha value is -3.19. The van der Waals surface area contributed by atoms with Crippen molar-refractivity contribution >= 4 is 27.5 Å². The zero-order valence-corrected chi connectivity index (χ0v) is 17.1. The first-order valence-electron chi connectivity index (χ1n) is 9.47. The minimum Gasteiger partial charge on any atom is -0.496 e. The fourth-order valence-corrected chi connectivity index (χ4v) is 4.89. The molecular formula is C22H20N4O2S. The van der Waals surface area contributed by atoms with Crippen molar-refractivity contribution in [2.45, 2.75) is 13.0 Å². The number of hydrogen-bond donors (Lipinski definition) is 0. The molecule has 6 nitrogen and oxygen atoms in total. The third kappa shape index (κ3) is 2.98. The maximum atomic E-state index is 13.2. The molecule has 4 aromatic rings. The second-order valence-corrected chi connectivity index (χ2v) is 8.18. The van der Waals surface area contributed by atoms with Crippen LogP contribution in [0.5, 0.6) is 5.75 Å². The molecule has 0 N–H and O–H groups in total. The van der Waals surface area contributed by atoms with Crippen molar-refractivity contribution in [1.29, 1.82) is 0 Å². The van der Waals surface area contributed by atoms with Gasteiger partial charge in [0, 0.05) is 38.3 Å². The molecule has 0 fully saturated rings. The van der Waals surface area contributed by atoms with E-state index in [9.17, 15) is 4.79 Å². The van der Waals surface area contributed by atoms with Crippen LogP contribution in [0.25, 0.3) is 21.5 Å². The zero-order chi connectivity index (χ0) is 20.0. The molecule has 0 unspecified atom stereocenters. The van der Waals surface area contributed by atoms with E-state index in [0.29, 0.717) is 24.4 Å². The zero-order valence-electron chi connectivity index (χ0n) is 16.3. The first-order chi connectivity index (χ1) is 14.2. The topological polar surface area (TPSA) is 60.3 Å². The first kappa shape index (κ1) is 17.9. The van der Waals surface area contributed by atoms with Crippen LogP contribution < -0.4 is 4.74 Å². The van der Waals surface area contributed by atoms with Crippen molar-refractivity contribution in [2.24, 2.45) is 7.05 Å². The summed E-state index contributed by atoms with van der Waals surface area (Å²) in [6.07, 6.45) is 2.51. The molecule has 3 heterocycles. The van der Waals surface area contributed by atoms with Crippen molar-refractivity contribution < 1.29 is 9.53 Å². The molecule has 1 aliphatic rings. The largest absolute Gasteiger partial charge is 0.496 e. The molecule has 0 aliphatic carbocycles. The molecule has 7 heteroatoms. The number of carbonyl (C=O) groups is 1. The predicted molar refractivity (Wildman–Crippen MR) is 113 cm³/mol. The lowest BCUT2D eigenvalue weighted by Gasteiger charge is -2.14. The van der Waals surface area contributed by atoms with Gasteiger partial charge in [-0.2, -0.15) is 5.10 Å². The normalized spacial score (nSPS) is 13.3. The van der Waals surface area contributed by atoms with Crippen LogP contribution in [-0.4, -0.2) is 39.2 Å². The van der Waals surface area contributed by atoms with Gasteiger partial charge in [0.1, 0.15) is 5.75 Å². The van der Waals surface area contributed by atoms with Gasteiger partial charge >= 0.3 is 0 Å². The third-order valence-corrected chi connectivity index (χ3v) is 6.47. The van der Waals surface area contributed by atoms with Crippen LogP contribution in [0.4, 0.5) is 0 Å². The van der Waals surface area contributed by atoms with Crippen molar-refractivity contribution in [3.63, 3.8) is 0 Å². The molecular weight excluding hydrogens is 384 g/mol. The van der Waals surface area contributed by atoms with E-state index in [1.54, 1.807) is 24.6 Å². The van der Waals surface area contributed by atoms with E-state index >= 15 is 0 Å². The Bertz CT molecular complexity index is 1190. The van der Waals surface area contributed by atoms with Gasteiger partial charge in [-0.3, -0.25) is 9.48 Å². The molecule has 2 aromatic heterocycles. The molecule has 0 atom stereocenters. The van der Waals surface area contributed by atoms with Crippen molar-refractivity contribution in [3.8, 4) is 17.0 Å². The van der Waals surface area contributed by atoms with Gasteiger partial charge in [-0.25, -0.2) is 4.98 Å². The second kappa shape index (κ2) is 7.00. The number of amides is 1. The highest BCUT2D eigenvalue weighted by Gasteiger charge is 2.33. The standard InChI is InChI=1S/C22H20N4O2S/c1-25-17(9-11-23-25)14-7-8-18(28-2)21-15(14)13-26(22(21)27)12-10-20-24-16-5-3-4-6-19(16)29-20/h3-9,11H,10,12-13H2,1-2H3. The highest BCUT2D eigenvalue weighted by atomic mass is 32.1. The molecule has 146 valence electrons. The van der Waals surface area contributed by atoms with Gasteiger partial charge < -0.3 is 9.64 Å². The molecule has 0 radical (unpaired) electrons. The molecule has 29 heavy (non-hydrogen) atoms. The molecule has 2 aromatic carbocycles. The van der Waals surface area contributed by atoms with E-state index in [-0.39, 0.29) is 5.91 Å². The smallest absolute Gasteiger partial charge is 0.258 e. The van der Waals surface area contributed by atoms with Crippen LogP contribution in [-0.2, 0) is 20.0 Å². The SMILES string of the molecule is COc1ccc(-c2ccnn2C)c2c1C(=O)N(CCc1nc3ccccc3s1)C2. The molecule has 1 aliphatic heterocycles. The number of fused-ring (bicyclic) bond motifs is 2. The van der Waals surface area contributed by atoms with Crippen LogP contribution in [0.2, 0.25) is 0 Å². The highest BCUT2D eigenvalue weighted by Crippen LogP contribution is 2.38. The average molecular weight is 404 g/mol. The number of thiazole rings is 1. The summed E-state index contributed by atoms with van der Waals surface area (Å²) in [6, 6.07) is 14.0. The number of hydrogen-bond acceptors (Lipinski definition) is 5. The quantitative estimate of drug-likeness (QED) is 0.506. The van der Waals surface area contributed by atoms with Gasteiger partial charge in [0.15, 0.2) is 0 Å². The van der Waals surface area contributed by atoms with Crippen molar-refractivity contribution in [1.82, 2.24) is 19.7 Å². The maximum absolute atomic E-state index is 13.2. The summed E-state index contributed by atoms with van der Waals surface area (Å²) in [7, 11) is 3.52. The molecule has 0 bridgehead atoms. The van der Waals surface area contributed by atoms with Gasteiger partial charge in [0.05, 0.1) is 33.6 Å². The van der Waals surface area contributed by atoms with E-state index in [1.807, 2.05) is 53.0 Å². The Morgan fingerprint density at radius 3 is 2.79 bits per heavy atom. The van der Waals surface area contributed by atoms with Gasteiger partial charge in [-0.05, 0) is 35.9 Å². The van der Waals surface area contributed by atoms with Crippen LogP contribution in [0, 0.1) is 0 Å². The summed E-state index contributed by atoms with van der Waals surface area (Å²) in [6.45, 7) is 1.19. The van der Waals surface area contributed by atoms with E-state index in [2.05, 4.69) is 11.2 Å². The minimum absolute atomic E-state index is 0.0157. The number of aromatic nitrogens is 3. The lowest BCUT2D eigenvalue weighted by Crippen LogP contribution is -2.26. The fraction of sp³-hybridized carbons (Fsp3) is 0.227. The lowest BCUT2D eigenvalue weighted by atomic mass is 10.00. The summed E-state index contributed by atoms with van der Waals surface area (Å²) in [5, 5.41) is 5.33. The first-order valence-corrected chi connectivity index (χ1v) is 10.3. The van der Waals surface area contributed by atoms with Gasteiger partial charge in [-0.1, -0.05) is 12.1 Å². The van der Waals surface area contributed by atoms with Gasteiger partial charge in [-0.15, -0.1) is 11.3 Å². The Morgan fingerprint density at radius 1 is 1.17 bits per heavy atom. The number of benzene rings is 2. The second-order valence-electron chi connectivity index (χ2n) is 7.06. The monoisotopic (exact) mass is 404 g/mol. The van der Waals surface area contributed by atoms with E-state index in [0.717, 1.165) is 33.8 Å². The summed E-state index contributed by atoms with van der Waals surface area (Å²) < 4.78 is 8.51. The Labute approximate surface area is 172 Å². The molecule has 1 amide bonds. The number of methoxy groups -OCH3 is 1. The molecule has 0 saturated heterocycles. The average Bonchev–Trinajstić information content (AvgIpc) is 3.43. The maximum Gasteiger partial charge on any atom is 0.258 e. The van der Waals surface area contributed by atoms with Crippen LogP contribution in [0.3, 0.4) is 0 Å². The minimum atomic E-state index is 0.0157. The Balaban J connectivity index is 1.44. The van der Waals surface area contributed by atoms with E-state index in [1.165, 1.54) is 4.70 Å². The summed E-state index contributed by atoms with van der Waals surface area (Å²) in [5.74, 6) is 0.639. The number of nitrogens with zero attached hydrogens (tertiary/aromatic N) is 4. The number of aryl methyl sites for hydroxylation is 1. The van der Waals surface area contributed by atoms with E-state index in [4.69, 9.17) is 9.72 Å². The molecule has 0 spiro atoms. The third-order valence-electron chi connectivity index (χ3n) is 5.38. The fourth-order valence-electron chi connectivity index (χ4n) is 3.93. The number of rotatable bonds is 5. The molecule has 5 rings (SSSR count). The van der Waals surface area contributed by atoms with Crippen molar-refractivity contribution in [3.05, 3.63) is 64.8 Å². The summed E-state index contributed by atoms with van der Waals surface area (Å²) in [4.78, 5) is 19.8. The Kier molecular flexibility index (Phi) is 4.32. The summed E-state index contributed by atoms with van der Waals surface area (Å²) in [5.41, 5.74) is 4.70. The lowest BCUT2D eigenvalue weighted by molar-refractivity contribution is 0.0778. The Morgan fingerprint density at radius 2 is 2.03 bits per heavy atom. The predicted octanol–water partition coefficient (Wildman–Crippen LogP) is 3.90.